The second-order valence-electron chi connectivity index (χ2n) is 5.60. The van der Waals surface area contributed by atoms with Gasteiger partial charge in [-0.1, -0.05) is 18.2 Å². The lowest BCUT2D eigenvalue weighted by atomic mass is 9.92. The molecule has 0 bridgehead atoms. The molecule has 0 spiro atoms. The maximum atomic E-state index is 12.3. The van der Waals surface area contributed by atoms with Crippen LogP contribution in [0, 0.1) is 0 Å². The quantitative estimate of drug-likeness (QED) is 0.880. The number of amides is 1. The molecule has 20 heavy (non-hydrogen) atoms. The standard InChI is InChI=1S/C16H22N2O2/c19-16(18-10-7-12-4-3-9-17-12)14-8-11-20-15-6-2-1-5-13(14)15/h1-2,5-6,12,14,17H,3-4,7-11H2,(H,18,19)/t12-,14?/m0/s1. The van der Waals surface area contributed by atoms with Crippen molar-refractivity contribution in [1.29, 1.82) is 0 Å². The van der Waals surface area contributed by atoms with Gasteiger partial charge in [-0.25, -0.2) is 0 Å². The third kappa shape index (κ3) is 2.96. The molecule has 1 amide bonds. The molecule has 2 atom stereocenters. The second kappa shape index (κ2) is 6.27. The summed E-state index contributed by atoms with van der Waals surface area (Å²) in [5.41, 5.74) is 1.02. The molecule has 2 N–H and O–H groups in total. The molecule has 1 aromatic rings. The van der Waals surface area contributed by atoms with Gasteiger partial charge in [-0.3, -0.25) is 4.79 Å². The Bertz CT molecular complexity index is 469. The number of hydrogen-bond donors (Lipinski definition) is 2. The largest absolute Gasteiger partial charge is 0.493 e. The molecule has 4 nitrogen and oxygen atoms in total. The fourth-order valence-electron chi connectivity index (χ4n) is 3.11. The number of ether oxygens (including phenoxy) is 1. The summed E-state index contributed by atoms with van der Waals surface area (Å²) in [4.78, 5) is 12.3. The van der Waals surface area contributed by atoms with E-state index in [1.165, 1.54) is 12.8 Å². The summed E-state index contributed by atoms with van der Waals surface area (Å²) < 4.78 is 5.60. The Morgan fingerprint density at radius 1 is 1.35 bits per heavy atom. The number of rotatable bonds is 4. The summed E-state index contributed by atoms with van der Waals surface area (Å²) in [6.45, 7) is 2.50. The minimum absolute atomic E-state index is 0.0588. The first-order valence-electron chi connectivity index (χ1n) is 7.57. The van der Waals surface area contributed by atoms with E-state index in [2.05, 4.69) is 10.6 Å². The zero-order valence-electron chi connectivity index (χ0n) is 11.7. The highest BCUT2D eigenvalue weighted by Crippen LogP contribution is 2.33. The molecule has 1 saturated heterocycles. The first kappa shape index (κ1) is 13.4. The first-order valence-corrected chi connectivity index (χ1v) is 7.57. The molecule has 1 aromatic carbocycles. The van der Waals surface area contributed by atoms with Gasteiger partial charge in [0.05, 0.1) is 12.5 Å². The molecule has 0 saturated carbocycles. The first-order chi connectivity index (χ1) is 9.84. The maximum absolute atomic E-state index is 12.3. The normalized spacial score (nSPS) is 24.8. The molecule has 0 aliphatic carbocycles. The maximum Gasteiger partial charge on any atom is 0.227 e. The van der Waals surface area contributed by atoms with Gasteiger partial charge in [0.25, 0.3) is 0 Å². The van der Waals surface area contributed by atoms with E-state index in [1.807, 2.05) is 24.3 Å². The Balaban J connectivity index is 1.55. The average molecular weight is 274 g/mol. The second-order valence-corrected chi connectivity index (χ2v) is 5.60. The van der Waals surface area contributed by atoms with Gasteiger partial charge in [0.2, 0.25) is 5.91 Å². The zero-order valence-corrected chi connectivity index (χ0v) is 11.7. The van der Waals surface area contributed by atoms with Crippen molar-refractivity contribution in [2.75, 3.05) is 19.7 Å². The van der Waals surface area contributed by atoms with Gasteiger partial charge in [0.1, 0.15) is 5.75 Å². The van der Waals surface area contributed by atoms with E-state index in [0.29, 0.717) is 12.6 Å². The Hall–Kier alpha value is -1.55. The van der Waals surface area contributed by atoms with E-state index in [-0.39, 0.29) is 11.8 Å². The number of benzene rings is 1. The van der Waals surface area contributed by atoms with Crippen LogP contribution < -0.4 is 15.4 Å². The fourth-order valence-corrected chi connectivity index (χ4v) is 3.11. The molecule has 4 heteroatoms. The highest BCUT2D eigenvalue weighted by atomic mass is 16.5. The SMILES string of the molecule is O=C(NCC[C@@H]1CCCN1)C1CCOc2ccccc21. The molecule has 108 valence electrons. The van der Waals surface area contributed by atoms with Crippen LogP contribution in [0.1, 0.15) is 37.2 Å². The van der Waals surface area contributed by atoms with Crippen LogP contribution in [0.25, 0.3) is 0 Å². The molecule has 0 radical (unpaired) electrons. The monoisotopic (exact) mass is 274 g/mol. The van der Waals surface area contributed by atoms with Gasteiger partial charge in [0.15, 0.2) is 0 Å². The summed E-state index contributed by atoms with van der Waals surface area (Å²) in [6, 6.07) is 8.44. The van der Waals surface area contributed by atoms with E-state index in [1.54, 1.807) is 0 Å². The number of nitrogens with one attached hydrogen (secondary N) is 2. The van der Waals surface area contributed by atoms with Gasteiger partial charge in [-0.05, 0) is 38.3 Å². The van der Waals surface area contributed by atoms with Crippen molar-refractivity contribution in [3.63, 3.8) is 0 Å². The van der Waals surface area contributed by atoms with Crippen molar-refractivity contribution in [2.24, 2.45) is 0 Å². The lowest BCUT2D eigenvalue weighted by Gasteiger charge is -2.25. The third-order valence-corrected chi connectivity index (χ3v) is 4.23. The van der Waals surface area contributed by atoms with Crippen LogP contribution in [0.5, 0.6) is 5.75 Å². The van der Waals surface area contributed by atoms with Gasteiger partial charge in [-0.2, -0.15) is 0 Å². The molecular weight excluding hydrogens is 252 g/mol. The molecule has 0 aromatic heterocycles. The Kier molecular flexibility index (Phi) is 4.21. The highest BCUT2D eigenvalue weighted by Gasteiger charge is 2.27. The molecule has 1 unspecified atom stereocenters. The number of hydrogen-bond acceptors (Lipinski definition) is 3. The minimum atomic E-state index is -0.0588. The Labute approximate surface area is 119 Å². The van der Waals surface area contributed by atoms with Crippen LogP contribution in [-0.2, 0) is 4.79 Å². The summed E-state index contributed by atoms with van der Waals surface area (Å²) in [5, 5.41) is 6.54. The van der Waals surface area contributed by atoms with Gasteiger partial charge >= 0.3 is 0 Å². The predicted octanol–water partition coefficient (Wildman–Crippen LogP) is 1.81. The molecular formula is C16H22N2O2. The predicted molar refractivity (Wildman–Crippen MR) is 77.9 cm³/mol. The van der Waals surface area contributed by atoms with Crippen LogP contribution in [0.15, 0.2) is 24.3 Å². The smallest absolute Gasteiger partial charge is 0.227 e. The van der Waals surface area contributed by atoms with Crippen molar-refractivity contribution in [1.82, 2.24) is 10.6 Å². The number of carbonyl (C=O) groups excluding carboxylic acids is 1. The summed E-state index contributed by atoms with van der Waals surface area (Å²) >= 11 is 0. The van der Waals surface area contributed by atoms with Crippen molar-refractivity contribution in [3.8, 4) is 5.75 Å². The van der Waals surface area contributed by atoms with Crippen molar-refractivity contribution >= 4 is 5.91 Å². The highest BCUT2D eigenvalue weighted by molar-refractivity contribution is 5.84. The summed E-state index contributed by atoms with van der Waals surface area (Å²) in [6.07, 6.45) is 4.28. The number of fused-ring (bicyclic) bond motifs is 1. The Morgan fingerprint density at radius 3 is 3.10 bits per heavy atom. The molecule has 3 rings (SSSR count). The topological polar surface area (TPSA) is 50.4 Å². The number of carbonyl (C=O) groups is 1. The zero-order chi connectivity index (χ0) is 13.8. The van der Waals surface area contributed by atoms with E-state index >= 15 is 0 Å². The molecule has 2 aliphatic rings. The Morgan fingerprint density at radius 2 is 2.25 bits per heavy atom. The lowest BCUT2D eigenvalue weighted by molar-refractivity contribution is -0.123. The van der Waals surface area contributed by atoms with Crippen molar-refractivity contribution in [2.45, 2.75) is 37.6 Å². The van der Waals surface area contributed by atoms with Gasteiger partial charge in [-0.15, -0.1) is 0 Å². The van der Waals surface area contributed by atoms with E-state index in [4.69, 9.17) is 4.74 Å². The average Bonchev–Trinajstić information content (AvgIpc) is 3.00. The van der Waals surface area contributed by atoms with E-state index < -0.39 is 0 Å². The third-order valence-electron chi connectivity index (χ3n) is 4.23. The fraction of sp³-hybridized carbons (Fsp3) is 0.562. The lowest BCUT2D eigenvalue weighted by Crippen LogP contribution is -2.35. The van der Waals surface area contributed by atoms with Gasteiger partial charge in [0, 0.05) is 18.2 Å². The van der Waals surface area contributed by atoms with Crippen LogP contribution in [0.3, 0.4) is 0 Å². The molecule has 2 aliphatic heterocycles. The van der Waals surface area contributed by atoms with Crippen molar-refractivity contribution in [3.05, 3.63) is 29.8 Å². The minimum Gasteiger partial charge on any atom is -0.493 e. The van der Waals surface area contributed by atoms with E-state index in [0.717, 1.165) is 37.2 Å². The van der Waals surface area contributed by atoms with Gasteiger partial charge < -0.3 is 15.4 Å². The van der Waals surface area contributed by atoms with Crippen LogP contribution >= 0.6 is 0 Å². The van der Waals surface area contributed by atoms with Crippen LogP contribution in [-0.4, -0.2) is 31.6 Å². The molecule has 2 heterocycles. The van der Waals surface area contributed by atoms with Crippen LogP contribution in [0.2, 0.25) is 0 Å². The number of para-hydroxylation sites is 1. The molecule has 1 fully saturated rings. The van der Waals surface area contributed by atoms with Crippen LogP contribution in [0.4, 0.5) is 0 Å². The van der Waals surface area contributed by atoms with E-state index in [9.17, 15) is 4.79 Å². The van der Waals surface area contributed by atoms with Crippen molar-refractivity contribution < 1.29 is 9.53 Å². The summed E-state index contributed by atoms with van der Waals surface area (Å²) in [7, 11) is 0. The summed E-state index contributed by atoms with van der Waals surface area (Å²) in [5.74, 6) is 0.937.